The van der Waals surface area contributed by atoms with Gasteiger partial charge in [-0.1, -0.05) is 18.2 Å². The summed E-state index contributed by atoms with van der Waals surface area (Å²) in [6.45, 7) is 1.73. The Morgan fingerprint density at radius 1 is 1.20 bits per heavy atom. The second-order valence-corrected chi connectivity index (χ2v) is 9.07. The van der Waals surface area contributed by atoms with Gasteiger partial charge in [0, 0.05) is 10.8 Å². The van der Waals surface area contributed by atoms with Crippen LogP contribution in [-0.4, -0.2) is 14.3 Å². The largest absolute Gasteiger partial charge is 0.416 e. The number of carbonyl (C=O) groups is 1. The van der Waals surface area contributed by atoms with Crippen LogP contribution in [0.1, 0.15) is 28.3 Å². The van der Waals surface area contributed by atoms with Crippen LogP contribution in [-0.2, 0) is 21.0 Å². The van der Waals surface area contributed by atoms with Crippen molar-refractivity contribution in [3.63, 3.8) is 0 Å². The van der Waals surface area contributed by atoms with Crippen molar-refractivity contribution in [2.45, 2.75) is 29.6 Å². The smallest absolute Gasteiger partial charge is 0.274 e. The lowest BCUT2D eigenvalue weighted by Crippen LogP contribution is -2.31. The number of alkyl halides is 3. The summed E-state index contributed by atoms with van der Waals surface area (Å²) in [4.78, 5) is 13.0. The summed E-state index contributed by atoms with van der Waals surface area (Å²) in [5, 5.41) is 0. The van der Waals surface area contributed by atoms with Crippen molar-refractivity contribution >= 4 is 27.3 Å². The summed E-state index contributed by atoms with van der Waals surface area (Å²) in [5.41, 5.74) is -0.758. The summed E-state index contributed by atoms with van der Waals surface area (Å²) < 4.78 is 65.5. The maximum absolute atomic E-state index is 13.1. The number of rotatable bonds is 4. The van der Waals surface area contributed by atoms with Crippen molar-refractivity contribution in [2.75, 3.05) is 0 Å². The maximum Gasteiger partial charge on any atom is 0.416 e. The van der Waals surface area contributed by atoms with E-state index in [9.17, 15) is 26.4 Å². The number of nitrogens with one attached hydrogen (secondary N) is 1. The van der Waals surface area contributed by atoms with E-state index in [1.54, 1.807) is 13.0 Å². The lowest BCUT2D eigenvalue weighted by atomic mass is 10.0. The molecule has 0 aliphatic heterocycles. The molecule has 134 valence electrons. The monoisotopic (exact) mass is 389 g/mol. The molecule has 2 aromatic rings. The van der Waals surface area contributed by atoms with Gasteiger partial charge >= 0.3 is 6.18 Å². The Balaban J connectivity index is 1.75. The lowest BCUT2D eigenvalue weighted by Gasteiger charge is -2.12. The first-order chi connectivity index (χ1) is 11.6. The van der Waals surface area contributed by atoms with Gasteiger partial charge < -0.3 is 0 Å². The van der Waals surface area contributed by atoms with Crippen LogP contribution in [0.5, 0.6) is 0 Å². The summed E-state index contributed by atoms with van der Waals surface area (Å²) in [6.07, 6.45) is -4.32. The van der Waals surface area contributed by atoms with Crippen LogP contribution in [0.25, 0.3) is 0 Å². The first-order valence-corrected chi connectivity index (χ1v) is 9.69. The van der Waals surface area contributed by atoms with E-state index >= 15 is 0 Å². The highest BCUT2D eigenvalue weighted by Gasteiger charge is 2.48. The summed E-state index contributed by atoms with van der Waals surface area (Å²) >= 11 is 1.02. The van der Waals surface area contributed by atoms with Gasteiger partial charge in [0.15, 0.2) is 0 Å². The first kappa shape index (κ1) is 17.9. The second kappa shape index (κ2) is 6.14. The molecule has 1 fully saturated rings. The predicted molar refractivity (Wildman–Crippen MR) is 86.7 cm³/mol. The SMILES string of the molecule is Cc1ccc(S(=O)(=O)NC(=O)C2CC2c2ccccc2C(F)(F)F)s1. The van der Waals surface area contributed by atoms with Gasteiger partial charge in [-0.15, -0.1) is 11.3 Å². The van der Waals surface area contributed by atoms with E-state index in [2.05, 4.69) is 0 Å². The molecule has 2 atom stereocenters. The molecule has 0 bridgehead atoms. The first-order valence-electron chi connectivity index (χ1n) is 7.39. The van der Waals surface area contributed by atoms with Gasteiger partial charge in [0.05, 0.1) is 5.56 Å². The fourth-order valence-electron chi connectivity index (χ4n) is 2.72. The van der Waals surface area contributed by atoms with E-state index in [-0.39, 0.29) is 16.2 Å². The lowest BCUT2D eigenvalue weighted by molar-refractivity contribution is -0.138. The average molecular weight is 389 g/mol. The van der Waals surface area contributed by atoms with Crippen molar-refractivity contribution in [2.24, 2.45) is 5.92 Å². The number of sulfonamides is 1. The Kier molecular flexibility index (Phi) is 4.40. The fourth-order valence-corrected chi connectivity index (χ4v) is 5.03. The number of amides is 1. The number of halogens is 3. The number of hydrogen-bond acceptors (Lipinski definition) is 4. The molecule has 1 aromatic carbocycles. The fraction of sp³-hybridized carbons (Fsp3) is 0.312. The Morgan fingerprint density at radius 3 is 2.48 bits per heavy atom. The molecule has 1 saturated carbocycles. The normalized spacial score (nSPS) is 20.3. The van der Waals surface area contributed by atoms with Crippen LogP contribution >= 0.6 is 11.3 Å². The topological polar surface area (TPSA) is 63.2 Å². The van der Waals surface area contributed by atoms with Crippen molar-refractivity contribution < 1.29 is 26.4 Å². The molecule has 1 amide bonds. The quantitative estimate of drug-likeness (QED) is 0.868. The van der Waals surface area contributed by atoms with Gasteiger partial charge in [-0.25, -0.2) is 13.1 Å². The van der Waals surface area contributed by atoms with E-state index in [1.165, 1.54) is 24.3 Å². The van der Waals surface area contributed by atoms with Crippen molar-refractivity contribution in [3.05, 3.63) is 52.4 Å². The average Bonchev–Trinajstić information content (AvgIpc) is 3.20. The van der Waals surface area contributed by atoms with Gasteiger partial charge in [0.2, 0.25) is 5.91 Å². The molecule has 1 aliphatic carbocycles. The molecule has 0 radical (unpaired) electrons. The molecule has 0 saturated heterocycles. The standard InChI is InChI=1S/C16H14F3NO3S2/c1-9-6-7-14(24-9)25(22,23)20-15(21)12-8-11(12)10-4-2-3-5-13(10)16(17,18)19/h2-7,11-12H,8H2,1H3,(H,20,21). The summed E-state index contributed by atoms with van der Waals surface area (Å²) in [6, 6.07) is 8.06. The van der Waals surface area contributed by atoms with Crippen LogP contribution in [0.3, 0.4) is 0 Å². The molecule has 1 aliphatic rings. The maximum atomic E-state index is 13.1. The van der Waals surface area contributed by atoms with Gasteiger partial charge in [-0.2, -0.15) is 13.2 Å². The van der Waals surface area contributed by atoms with E-state index in [1.807, 2.05) is 4.72 Å². The van der Waals surface area contributed by atoms with E-state index in [0.717, 1.165) is 22.3 Å². The molecule has 25 heavy (non-hydrogen) atoms. The minimum atomic E-state index is -4.51. The third kappa shape index (κ3) is 3.72. The Labute approximate surface area is 146 Å². The summed E-state index contributed by atoms with van der Waals surface area (Å²) in [5.74, 6) is -2.18. The van der Waals surface area contributed by atoms with Crippen molar-refractivity contribution in [1.82, 2.24) is 4.72 Å². The molecular formula is C16H14F3NO3S2. The highest BCUT2D eigenvalue weighted by atomic mass is 32.2. The van der Waals surface area contributed by atoms with Crippen LogP contribution in [0, 0.1) is 12.8 Å². The number of hydrogen-bond donors (Lipinski definition) is 1. The van der Waals surface area contributed by atoms with Gasteiger partial charge in [0.25, 0.3) is 10.0 Å². The third-order valence-corrected chi connectivity index (χ3v) is 6.85. The van der Waals surface area contributed by atoms with Crippen LogP contribution in [0.2, 0.25) is 0 Å². The number of carbonyl (C=O) groups excluding carboxylic acids is 1. The molecule has 3 rings (SSSR count). The Hall–Kier alpha value is -1.87. The number of thiophene rings is 1. The minimum Gasteiger partial charge on any atom is -0.274 e. The van der Waals surface area contributed by atoms with Crippen molar-refractivity contribution in [1.29, 1.82) is 0 Å². The second-order valence-electron chi connectivity index (χ2n) is 5.87. The molecule has 2 unspecified atom stereocenters. The predicted octanol–water partition coefficient (Wildman–Crippen LogP) is 3.68. The zero-order chi connectivity index (χ0) is 18.4. The van der Waals surface area contributed by atoms with E-state index in [0.29, 0.717) is 0 Å². The molecule has 9 heteroatoms. The highest BCUT2D eigenvalue weighted by Crippen LogP contribution is 2.51. The van der Waals surface area contributed by atoms with Gasteiger partial charge in [-0.05, 0) is 43.0 Å². The van der Waals surface area contributed by atoms with Gasteiger partial charge in [0.1, 0.15) is 4.21 Å². The minimum absolute atomic E-state index is 0.00578. The molecule has 1 N–H and O–H groups in total. The molecule has 1 heterocycles. The van der Waals surface area contributed by atoms with Crippen LogP contribution < -0.4 is 4.72 Å². The highest BCUT2D eigenvalue weighted by molar-refractivity contribution is 7.92. The molecule has 4 nitrogen and oxygen atoms in total. The Bertz CT molecular complexity index is 919. The summed E-state index contributed by atoms with van der Waals surface area (Å²) in [7, 11) is -3.99. The molecule has 1 aromatic heterocycles. The van der Waals surface area contributed by atoms with E-state index in [4.69, 9.17) is 0 Å². The number of aryl methyl sites for hydroxylation is 1. The van der Waals surface area contributed by atoms with Gasteiger partial charge in [-0.3, -0.25) is 4.79 Å². The van der Waals surface area contributed by atoms with Crippen molar-refractivity contribution in [3.8, 4) is 0 Å². The van der Waals surface area contributed by atoms with Crippen LogP contribution in [0.4, 0.5) is 13.2 Å². The number of benzene rings is 1. The third-order valence-electron chi connectivity index (χ3n) is 4.01. The molecular weight excluding hydrogens is 375 g/mol. The zero-order valence-electron chi connectivity index (χ0n) is 13.0. The Morgan fingerprint density at radius 2 is 1.88 bits per heavy atom. The van der Waals surface area contributed by atoms with Crippen LogP contribution in [0.15, 0.2) is 40.6 Å². The zero-order valence-corrected chi connectivity index (χ0v) is 14.6. The molecule has 0 spiro atoms. The van der Waals surface area contributed by atoms with E-state index < -0.39 is 39.5 Å².